The average molecular weight is 183 g/mol. The summed E-state index contributed by atoms with van der Waals surface area (Å²) in [5.74, 6) is 2.21. The Morgan fingerprint density at radius 2 is 2.25 bits per heavy atom. The third-order valence-electron chi connectivity index (χ3n) is 1.55. The van der Waals surface area contributed by atoms with E-state index in [1.165, 1.54) is 12.1 Å². The molecule has 0 nitrogen and oxygen atoms in total. The molecule has 0 atom stereocenters. The molecule has 0 fully saturated rings. The molecule has 0 saturated carbocycles. The molecule has 0 heterocycles. The molecule has 0 radical (unpaired) electrons. The lowest BCUT2D eigenvalue weighted by molar-refractivity contribution is 0.625. The summed E-state index contributed by atoms with van der Waals surface area (Å²) in [4.78, 5) is 0. The second-order valence-electron chi connectivity index (χ2n) is 2.44. The van der Waals surface area contributed by atoms with Crippen molar-refractivity contribution in [3.8, 4) is 12.3 Å². The van der Waals surface area contributed by atoms with E-state index in [0.29, 0.717) is 17.9 Å². The fraction of sp³-hybridized carbons (Fsp3) is 0.200. The SMILES string of the molecule is C#CCCc1cc(F)ccc1Cl. The molecular weight excluding hydrogens is 175 g/mol. The van der Waals surface area contributed by atoms with Crippen molar-refractivity contribution < 1.29 is 4.39 Å². The van der Waals surface area contributed by atoms with E-state index in [0.717, 1.165) is 5.56 Å². The molecule has 2 heteroatoms. The van der Waals surface area contributed by atoms with Crippen LogP contribution in [0, 0.1) is 18.2 Å². The molecule has 0 spiro atoms. The van der Waals surface area contributed by atoms with Gasteiger partial charge in [0.15, 0.2) is 0 Å². The molecule has 0 aliphatic heterocycles. The Kier molecular flexibility index (Phi) is 3.13. The average Bonchev–Trinajstić information content (AvgIpc) is 2.07. The van der Waals surface area contributed by atoms with E-state index in [9.17, 15) is 4.39 Å². The monoisotopic (exact) mass is 182 g/mol. The predicted molar refractivity (Wildman–Crippen MR) is 48.6 cm³/mol. The fourth-order valence-electron chi connectivity index (χ4n) is 0.942. The van der Waals surface area contributed by atoms with Crippen LogP contribution in [-0.4, -0.2) is 0 Å². The lowest BCUT2D eigenvalue weighted by atomic mass is 10.1. The van der Waals surface area contributed by atoms with E-state index in [2.05, 4.69) is 5.92 Å². The van der Waals surface area contributed by atoms with Crippen molar-refractivity contribution in [1.82, 2.24) is 0 Å². The first-order valence-electron chi connectivity index (χ1n) is 3.61. The topological polar surface area (TPSA) is 0 Å². The third kappa shape index (κ3) is 2.25. The van der Waals surface area contributed by atoms with Crippen LogP contribution in [0.2, 0.25) is 5.02 Å². The van der Waals surface area contributed by atoms with Crippen LogP contribution in [0.5, 0.6) is 0 Å². The largest absolute Gasteiger partial charge is 0.207 e. The molecule has 0 unspecified atom stereocenters. The van der Waals surface area contributed by atoms with Gasteiger partial charge in [-0.1, -0.05) is 11.6 Å². The zero-order valence-corrected chi connectivity index (χ0v) is 7.24. The summed E-state index contributed by atoms with van der Waals surface area (Å²) in [6, 6.07) is 4.30. The number of rotatable bonds is 2. The van der Waals surface area contributed by atoms with Crippen molar-refractivity contribution in [1.29, 1.82) is 0 Å². The highest BCUT2D eigenvalue weighted by Gasteiger charge is 2.00. The Balaban J connectivity index is 2.84. The highest BCUT2D eigenvalue weighted by atomic mass is 35.5. The molecule has 0 aliphatic rings. The number of benzene rings is 1. The normalized spacial score (nSPS) is 9.42. The molecule has 0 saturated heterocycles. The lowest BCUT2D eigenvalue weighted by Gasteiger charge is -2.00. The number of hydrogen-bond acceptors (Lipinski definition) is 0. The zero-order chi connectivity index (χ0) is 8.97. The van der Waals surface area contributed by atoms with Crippen molar-refractivity contribution >= 4 is 11.6 Å². The standard InChI is InChI=1S/C10H8ClF/c1-2-3-4-8-7-9(12)5-6-10(8)11/h1,5-7H,3-4H2. The highest BCUT2D eigenvalue weighted by Crippen LogP contribution is 2.18. The van der Waals surface area contributed by atoms with Crippen molar-refractivity contribution in [2.75, 3.05) is 0 Å². The molecule has 62 valence electrons. The van der Waals surface area contributed by atoms with Crippen molar-refractivity contribution in [3.63, 3.8) is 0 Å². The van der Waals surface area contributed by atoms with Gasteiger partial charge < -0.3 is 0 Å². The first kappa shape index (κ1) is 9.09. The van der Waals surface area contributed by atoms with Crippen molar-refractivity contribution in [2.24, 2.45) is 0 Å². The van der Waals surface area contributed by atoms with Gasteiger partial charge >= 0.3 is 0 Å². The maximum atomic E-state index is 12.7. The summed E-state index contributed by atoms with van der Waals surface area (Å²) in [6.45, 7) is 0. The third-order valence-corrected chi connectivity index (χ3v) is 1.92. The minimum absolute atomic E-state index is 0.272. The molecule has 0 aliphatic carbocycles. The molecule has 1 rings (SSSR count). The summed E-state index contributed by atoms with van der Waals surface area (Å²) in [7, 11) is 0. The minimum atomic E-state index is -0.272. The smallest absolute Gasteiger partial charge is 0.123 e. The molecule has 0 N–H and O–H groups in total. The van der Waals surface area contributed by atoms with Gasteiger partial charge in [0.2, 0.25) is 0 Å². The van der Waals surface area contributed by atoms with Gasteiger partial charge in [0, 0.05) is 11.4 Å². The first-order chi connectivity index (χ1) is 5.74. The van der Waals surface area contributed by atoms with Gasteiger partial charge in [-0.2, -0.15) is 0 Å². The van der Waals surface area contributed by atoms with E-state index in [1.807, 2.05) is 0 Å². The van der Waals surface area contributed by atoms with Gasteiger partial charge in [0.25, 0.3) is 0 Å². The predicted octanol–water partition coefficient (Wildman–Crippen LogP) is 3.04. The van der Waals surface area contributed by atoms with Gasteiger partial charge in [-0.25, -0.2) is 4.39 Å². The molecule has 12 heavy (non-hydrogen) atoms. The van der Waals surface area contributed by atoms with Crippen LogP contribution in [0.25, 0.3) is 0 Å². The van der Waals surface area contributed by atoms with Crippen LogP contribution >= 0.6 is 11.6 Å². The van der Waals surface area contributed by atoms with E-state index in [4.69, 9.17) is 18.0 Å². The molecule has 0 amide bonds. The van der Waals surface area contributed by atoms with Gasteiger partial charge in [-0.3, -0.25) is 0 Å². The molecule has 0 aromatic heterocycles. The summed E-state index contributed by atoms with van der Waals surface area (Å²) >= 11 is 5.80. The molecule has 1 aromatic rings. The van der Waals surface area contributed by atoms with Crippen LogP contribution in [0.3, 0.4) is 0 Å². The second-order valence-corrected chi connectivity index (χ2v) is 2.85. The Bertz CT molecular complexity index is 312. The van der Waals surface area contributed by atoms with Crippen molar-refractivity contribution in [3.05, 3.63) is 34.6 Å². The Labute approximate surface area is 76.4 Å². The van der Waals surface area contributed by atoms with E-state index >= 15 is 0 Å². The maximum Gasteiger partial charge on any atom is 0.123 e. The van der Waals surface area contributed by atoms with Gasteiger partial charge in [0.05, 0.1) is 0 Å². The van der Waals surface area contributed by atoms with Crippen LogP contribution in [-0.2, 0) is 6.42 Å². The summed E-state index contributed by atoms with van der Waals surface area (Å²) in [5, 5.41) is 0.576. The van der Waals surface area contributed by atoms with Crippen LogP contribution < -0.4 is 0 Å². The lowest BCUT2D eigenvalue weighted by Crippen LogP contribution is -1.86. The van der Waals surface area contributed by atoms with Crippen LogP contribution in [0.4, 0.5) is 4.39 Å². The molecule has 0 bridgehead atoms. The quantitative estimate of drug-likeness (QED) is 0.617. The maximum absolute atomic E-state index is 12.7. The number of hydrogen-bond donors (Lipinski definition) is 0. The molecule has 1 aromatic carbocycles. The van der Waals surface area contributed by atoms with Crippen LogP contribution in [0.15, 0.2) is 18.2 Å². The van der Waals surface area contributed by atoms with E-state index in [-0.39, 0.29) is 5.82 Å². The van der Waals surface area contributed by atoms with E-state index < -0.39 is 0 Å². The minimum Gasteiger partial charge on any atom is -0.207 e. The van der Waals surface area contributed by atoms with E-state index in [1.54, 1.807) is 6.07 Å². The Morgan fingerprint density at radius 3 is 2.92 bits per heavy atom. The summed E-state index contributed by atoms with van der Waals surface area (Å²) in [5.41, 5.74) is 0.773. The Morgan fingerprint density at radius 1 is 1.50 bits per heavy atom. The molecular formula is C10H8ClF. The van der Waals surface area contributed by atoms with Gasteiger partial charge in [-0.15, -0.1) is 12.3 Å². The second kappa shape index (κ2) is 4.13. The fourth-order valence-corrected chi connectivity index (χ4v) is 1.15. The van der Waals surface area contributed by atoms with Crippen LogP contribution in [0.1, 0.15) is 12.0 Å². The summed E-state index contributed by atoms with van der Waals surface area (Å²) < 4.78 is 12.7. The van der Waals surface area contributed by atoms with Crippen molar-refractivity contribution in [2.45, 2.75) is 12.8 Å². The zero-order valence-electron chi connectivity index (χ0n) is 6.48. The number of aryl methyl sites for hydroxylation is 1. The number of terminal acetylenes is 1. The first-order valence-corrected chi connectivity index (χ1v) is 3.99. The number of halogens is 2. The Hall–Kier alpha value is -1.00. The van der Waals surface area contributed by atoms with Gasteiger partial charge in [0.1, 0.15) is 5.82 Å². The van der Waals surface area contributed by atoms with Gasteiger partial charge in [-0.05, 0) is 30.2 Å². The summed E-state index contributed by atoms with van der Waals surface area (Å²) in [6.07, 6.45) is 6.30. The highest BCUT2D eigenvalue weighted by molar-refractivity contribution is 6.31.